The van der Waals surface area contributed by atoms with Gasteiger partial charge >= 0.3 is 0 Å². The fraction of sp³-hybridized carbons (Fsp3) is 0.286. The lowest BCUT2D eigenvalue weighted by molar-refractivity contribution is 0.112. The summed E-state index contributed by atoms with van der Waals surface area (Å²) in [5.41, 5.74) is 3.41. The topological polar surface area (TPSA) is 26.3 Å². The third-order valence-corrected chi connectivity index (χ3v) is 3.74. The van der Waals surface area contributed by atoms with Crippen LogP contribution < -0.4 is 4.74 Å². The summed E-state index contributed by atoms with van der Waals surface area (Å²) in [6, 6.07) is 11.6. The van der Waals surface area contributed by atoms with Gasteiger partial charge in [0.05, 0.1) is 0 Å². The van der Waals surface area contributed by atoms with Crippen LogP contribution >= 0.6 is 0 Å². The molecule has 0 unspecified atom stereocenters. The zero-order chi connectivity index (χ0) is 16.7. The van der Waals surface area contributed by atoms with Crippen LogP contribution in [0.25, 0.3) is 10.8 Å². The molecule has 0 fully saturated rings. The van der Waals surface area contributed by atoms with Crippen molar-refractivity contribution in [1.82, 2.24) is 0 Å². The van der Waals surface area contributed by atoms with Crippen LogP contribution in [0.4, 0.5) is 0 Å². The lowest BCUT2D eigenvalue weighted by Crippen LogP contribution is -1.95. The number of hydrogen-bond donors (Lipinski definition) is 0. The van der Waals surface area contributed by atoms with Gasteiger partial charge in [-0.05, 0) is 68.7 Å². The van der Waals surface area contributed by atoms with E-state index in [1.807, 2.05) is 36.4 Å². The SMILES string of the molecule is CC(C)=CCCC(C)=CCOc1ccc2cc(C=O)ccc2c1. The van der Waals surface area contributed by atoms with Gasteiger partial charge < -0.3 is 4.74 Å². The predicted molar refractivity (Wildman–Crippen MR) is 97.3 cm³/mol. The number of benzene rings is 2. The Balaban J connectivity index is 1.94. The Morgan fingerprint density at radius 2 is 1.74 bits per heavy atom. The van der Waals surface area contributed by atoms with E-state index in [4.69, 9.17) is 4.74 Å². The molecule has 0 heterocycles. The van der Waals surface area contributed by atoms with Crippen LogP contribution in [0.3, 0.4) is 0 Å². The van der Waals surface area contributed by atoms with E-state index in [0.29, 0.717) is 12.2 Å². The number of fused-ring (bicyclic) bond motifs is 1. The largest absolute Gasteiger partial charge is 0.490 e. The van der Waals surface area contributed by atoms with E-state index in [2.05, 4.69) is 32.9 Å². The maximum atomic E-state index is 10.8. The van der Waals surface area contributed by atoms with Gasteiger partial charge in [0.15, 0.2) is 0 Å². The highest BCUT2D eigenvalue weighted by Gasteiger charge is 1.99. The van der Waals surface area contributed by atoms with Gasteiger partial charge in [-0.25, -0.2) is 0 Å². The Bertz CT molecular complexity index is 735. The Morgan fingerprint density at radius 3 is 2.48 bits per heavy atom. The molecule has 0 N–H and O–H groups in total. The quantitative estimate of drug-likeness (QED) is 0.482. The second kappa shape index (κ2) is 8.33. The van der Waals surface area contributed by atoms with E-state index in [9.17, 15) is 4.79 Å². The molecule has 2 heteroatoms. The molecule has 2 aromatic carbocycles. The summed E-state index contributed by atoms with van der Waals surface area (Å²) in [5.74, 6) is 0.852. The average Bonchev–Trinajstić information content (AvgIpc) is 2.54. The highest BCUT2D eigenvalue weighted by atomic mass is 16.5. The number of aldehydes is 1. The summed E-state index contributed by atoms with van der Waals surface area (Å²) in [4.78, 5) is 10.8. The van der Waals surface area contributed by atoms with Crippen LogP contribution in [-0.4, -0.2) is 12.9 Å². The van der Waals surface area contributed by atoms with Crippen molar-refractivity contribution in [3.63, 3.8) is 0 Å². The highest BCUT2D eigenvalue weighted by Crippen LogP contribution is 2.22. The molecule has 0 aliphatic rings. The van der Waals surface area contributed by atoms with Crippen LogP contribution in [0.15, 0.2) is 59.7 Å². The van der Waals surface area contributed by atoms with Crippen molar-refractivity contribution in [3.05, 3.63) is 65.3 Å². The van der Waals surface area contributed by atoms with Crippen molar-refractivity contribution < 1.29 is 9.53 Å². The highest BCUT2D eigenvalue weighted by molar-refractivity contribution is 5.89. The third kappa shape index (κ3) is 5.41. The zero-order valence-electron chi connectivity index (χ0n) is 14.1. The molecule has 0 aliphatic carbocycles. The lowest BCUT2D eigenvalue weighted by Gasteiger charge is -2.06. The molecule has 120 valence electrons. The molecule has 0 saturated heterocycles. The molecule has 0 radical (unpaired) electrons. The van der Waals surface area contributed by atoms with E-state index < -0.39 is 0 Å². The predicted octanol–water partition coefficient (Wildman–Crippen LogP) is 5.72. The Kier molecular flexibility index (Phi) is 6.16. The van der Waals surface area contributed by atoms with E-state index in [0.717, 1.165) is 35.6 Å². The molecule has 2 rings (SSSR count). The van der Waals surface area contributed by atoms with Crippen molar-refractivity contribution in [3.8, 4) is 5.75 Å². The Labute approximate surface area is 138 Å². The molecule has 0 aromatic heterocycles. The maximum Gasteiger partial charge on any atom is 0.150 e. The van der Waals surface area contributed by atoms with Gasteiger partial charge in [0.25, 0.3) is 0 Å². The van der Waals surface area contributed by atoms with Crippen LogP contribution in [0, 0.1) is 0 Å². The van der Waals surface area contributed by atoms with E-state index in [1.54, 1.807) is 0 Å². The van der Waals surface area contributed by atoms with Gasteiger partial charge in [-0.3, -0.25) is 4.79 Å². The first-order chi connectivity index (χ1) is 11.1. The minimum atomic E-state index is 0.582. The van der Waals surface area contributed by atoms with Crippen LogP contribution in [0.1, 0.15) is 44.0 Å². The van der Waals surface area contributed by atoms with Gasteiger partial charge in [0, 0.05) is 5.56 Å². The van der Waals surface area contributed by atoms with Crippen LogP contribution in [0.5, 0.6) is 5.75 Å². The number of carbonyl (C=O) groups excluding carboxylic acids is 1. The second-order valence-corrected chi connectivity index (χ2v) is 6.07. The smallest absolute Gasteiger partial charge is 0.150 e. The number of ether oxygens (including phenoxy) is 1. The summed E-state index contributed by atoms with van der Waals surface area (Å²) in [6.07, 6.45) is 7.42. The summed E-state index contributed by atoms with van der Waals surface area (Å²) in [5, 5.41) is 2.13. The molecule has 0 atom stereocenters. The molecule has 0 amide bonds. The molecule has 23 heavy (non-hydrogen) atoms. The number of hydrogen-bond acceptors (Lipinski definition) is 2. The van der Waals surface area contributed by atoms with Crippen molar-refractivity contribution >= 4 is 17.1 Å². The average molecular weight is 308 g/mol. The van der Waals surface area contributed by atoms with Crippen molar-refractivity contribution in [1.29, 1.82) is 0 Å². The number of rotatable bonds is 7. The molecule has 2 nitrogen and oxygen atoms in total. The second-order valence-electron chi connectivity index (χ2n) is 6.07. The van der Waals surface area contributed by atoms with Gasteiger partial charge in [0.1, 0.15) is 18.6 Å². The zero-order valence-corrected chi connectivity index (χ0v) is 14.1. The van der Waals surface area contributed by atoms with E-state index in [1.165, 1.54) is 11.1 Å². The van der Waals surface area contributed by atoms with E-state index in [-0.39, 0.29) is 0 Å². The fourth-order valence-electron chi connectivity index (χ4n) is 2.38. The normalized spacial score (nSPS) is 11.3. The van der Waals surface area contributed by atoms with Gasteiger partial charge in [-0.2, -0.15) is 0 Å². The summed E-state index contributed by atoms with van der Waals surface area (Å²) in [7, 11) is 0. The molecule has 2 aromatic rings. The summed E-state index contributed by atoms with van der Waals surface area (Å²) in [6.45, 7) is 6.97. The molecule has 0 spiro atoms. The van der Waals surface area contributed by atoms with Gasteiger partial charge in [-0.15, -0.1) is 0 Å². The Hall–Kier alpha value is -2.35. The molecule has 0 aliphatic heterocycles. The van der Waals surface area contributed by atoms with Crippen molar-refractivity contribution in [2.45, 2.75) is 33.6 Å². The minimum Gasteiger partial charge on any atom is -0.490 e. The molecular weight excluding hydrogens is 284 g/mol. The first-order valence-corrected chi connectivity index (χ1v) is 7.99. The molecular formula is C21H24O2. The van der Waals surface area contributed by atoms with E-state index >= 15 is 0 Å². The maximum absolute atomic E-state index is 10.8. The van der Waals surface area contributed by atoms with Crippen molar-refractivity contribution in [2.75, 3.05) is 6.61 Å². The monoisotopic (exact) mass is 308 g/mol. The van der Waals surface area contributed by atoms with Crippen molar-refractivity contribution in [2.24, 2.45) is 0 Å². The van der Waals surface area contributed by atoms with Crippen LogP contribution in [-0.2, 0) is 0 Å². The summed E-state index contributed by atoms with van der Waals surface area (Å²) >= 11 is 0. The minimum absolute atomic E-state index is 0.582. The summed E-state index contributed by atoms with van der Waals surface area (Å²) < 4.78 is 5.81. The third-order valence-electron chi connectivity index (χ3n) is 3.74. The molecule has 0 saturated carbocycles. The first kappa shape index (κ1) is 17.0. The number of carbonyl (C=O) groups is 1. The van der Waals surface area contributed by atoms with Crippen LogP contribution in [0.2, 0.25) is 0 Å². The standard InChI is InChI=1S/C21H24O2/c1-16(2)5-4-6-17(3)11-12-23-21-10-9-19-13-18(15-22)7-8-20(19)14-21/h5,7-11,13-15H,4,6,12H2,1-3H3. The Morgan fingerprint density at radius 1 is 1.00 bits per heavy atom. The first-order valence-electron chi connectivity index (χ1n) is 7.99. The van der Waals surface area contributed by atoms with Gasteiger partial charge in [-0.1, -0.05) is 35.4 Å². The fourth-order valence-corrected chi connectivity index (χ4v) is 2.38. The number of allylic oxidation sites excluding steroid dienone is 3. The molecule has 0 bridgehead atoms. The lowest BCUT2D eigenvalue weighted by atomic mass is 10.1. The van der Waals surface area contributed by atoms with Gasteiger partial charge in [0.2, 0.25) is 0 Å².